The van der Waals surface area contributed by atoms with Gasteiger partial charge in [0.2, 0.25) is 0 Å². The van der Waals surface area contributed by atoms with Crippen molar-refractivity contribution in [3.63, 3.8) is 0 Å². The average Bonchev–Trinajstić information content (AvgIpc) is 3.02. The van der Waals surface area contributed by atoms with Crippen LogP contribution in [0.4, 0.5) is 0 Å². The lowest BCUT2D eigenvalue weighted by molar-refractivity contribution is 0.120. The highest BCUT2D eigenvalue weighted by atomic mass is 32.2. The van der Waals surface area contributed by atoms with Crippen molar-refractivity contribution in [1.29, 1.82) is 0 Å². The van der Waals surface area contributed by atoms with Crippen LogP contribution in [-0.2, 0) is 0 Å². The van der Waals surface area contributed by atoms with Crippen LogP contribution in [0.5, 0.6) is 0 Å². The van der Waals surface area contributed by atoms with Crippen LogP contribution in [0.2, 0.25) is 0 Å². The molecule has 1 saturated heterocycles. The summed E-state index contributed by atoms with van der Waals surface area (Å²) in [6, 6.07) is 1.54. The van der Waals surface area contributed by atoms with Crippen molar-refractivity contribution in [2.45, 2.75) is 38.3 Å². The number of hydrogen-bond donors (Lipinski definition) is 1. The lowest BCUT2D eigenvalue weighted by Gasteiger charge is -2.39. The Morgan fingerprint density at radius 1 is 1.40 bits per heavy atom. The summed E-state index contributed by atoms with van der Waals surface area (Å²) in [6.07, 6.45) is 6.51. The van der Waals surface area contributed by atoms with E-state index in [0.717, 1.165) is 12.0 Å². The van der Waals surface area contributed by atoms with E-state index in [-0.39, 0.29) is 0 Å². The number of piperazine rings is 1. The standard InChI is InChI=1S/C12H24N2S/c1-10-9-14(6-3-7-15-2)12(8-13-10)11-4-5-11/h10-13H,3-9H2,1-2H3. The van der Waals surface area contributed by atoms with Crippen LogP contribution >= 0.6 is 11.8 Å². The molecule has 2 fully saturated rings. The molecule has 2 aliphatic rings. The van der Waals surface area contributed by atoms with Crippen molar-refractivity contribution in [1.82, 2.24) is 10.2 Å². The first-order chi connectivity index (χ1) is 7.31. The maximum atomic E-state index is 3.63. The topological polar surface area (TPSA) is 15.3 Å². The minimum atomic E-state index is 0.689. The summed E-state index contributed by atoms with van der Waals surface area (Å²) in [4.78, 5) is 2.75. The Balaban J connectivity index is 1.79. The number of nitrogens with one attached hydrogen (secondary N) is 1. The van der Waals surface area contributed by atoms with Gasteiger partial charge in [0.25, 0.3) is 0 Å². The fourth-order valence-electron chi connectivity index (χ4n) is 2.62. The highest BCUT2D eigenvalue weighted by Crippen LogP contribution is 2.36. The monoisotopic (exact) mass is 228 g/mol. The fourth-order valence-corrected chi connectivity index (χ4v) is 3.04. The highest BCUT2D eigenvalue weighted by Gasteiger charge is 2.37. The van der Waals surface area contributed by atoms with Crippen molar-refractivity contribution in [3.8, 4) is 0 Å². The summed E-state index contributed by atoms with van der Waals surface area (Å²) in [5, 5.41) is 3.63. The number of rotatable bonds is 5. The maximum Gasteiger partial charge on any atom is 0.0249 e. The molecule has 15 heavy (non-hydrogen) atoms. The van der Waals surface area contributed by atoms with Gasteiger partial charge in [-0.2, -0.15) is 11.8 Å². The maximum absolute atomic E-state index is 3.63. The van der Waals surface area contributed by atoms with E-state index in [4.69, 9.17) is 0 Å². The van der Waals surface area contributed by atoms with Crippen LogP contribution in [0, 0.1) is 5.92 Å². The minimum Gasteiger partial charge on any atom is -0.311 e. The molecule has 1 heterocycles. The zero-order valence-corrected chi connectivity index (χ0v) is 10.9. The van der Waals surface area contributed by atoms with Gasteiger partial charge in [-0.1, -0.05) is 0 Å². The fraction of sp³-hybridized carbons (Fsp3) is 1.00. The third kappa shape index (κ3) is 3.36. The Kier molecular flexibility index (Phi) is 4.35. The SMILES string of the molecule is CSCCCN1CC(C)NCC1C1CC1. The van der Waals surface area contributed by atoms with Gasteiger partial charge in [0.05, 0.1) is 0 Å². The molecule has 2 rings (SSSR count). The van der Waals surface area contributed by atoms with Crippen molar-refractivity contribution in [2.24, 2.45) is 5.92 Å². The number of nitrogens with zero attached hydrogens (tertiary/aromatic N) is 1. The molecule has 1 aliphatic carbocycles. The summed E-state index contributed by atoms with van der Waals surface area (Å²) < 4.78 is 0. The smallest absolute Gasteiger partial charge is 0.0249 e. The van der Waals surface area contributed by atoms with Crippen LogP contribution in [0.25, 0.3) is 0 Å². The van der Waals surface area contributed by atoms with Gasteiger partial charge < -0.3 is 5.32 Å². The van der Waals surface area contributed by atoms with E-state index in [2.05, 4.69) is 23.4 Å². The number of hydrogen-bond acceptors (Lipinski definition) is 3. The molecular formula is C12H24N2S. The predicted octanol–water partition coefficient (Wildman–Crippen LogP) is 1.81. The Hall–Kier alpha value is 0.270. The summed E-state index contributed by atoms with van der Waals surface area (Å²) in [7, 11) is 0. The van der Waals surface area contributed by atoms with Crippen molar-refractivity contribution < 1.29 is 0 Å². The van der Waals surface area contributed by atoms with Gasteiger partial charge in [0, 0.05) is 25.2 Å². The Bertz CT molecular complexity index is 194. The molecule has 0 amide bonds. The zero-order chi connectivity index (χ0) is 10.7. The van der Waals surface area contributed by atoms with Crippen LogP contribution in [-0.4, -0.2) is 48.6 Å². The van der Waals surface area contributed by atoms with Gasteiger partial charge in [0.15, 0.2) is 0 Å². The Morgan fingerprint density at radius 2 is 2.20 bits per heavy atom. The first kappa shape index (κ1) is 11.7. The summed E-state index contributed by atoms with van der Waals surface area (Å²) in [5.41, 5.74) is 0. The largest absolute Gasteiger partial charge is 0.311 e. The molecule has 2 atom stereocenters. The average molecular weight is 228 g/mol. The lowest BCUT2D eigenvalue weighted by atomic mass is 10.1. The van der Waals surface area contributed by atoms with Crippen molar-refractivity contribution in [3.05, 3.63) is 0 Å². The molecule has 2 nitrogen and oxygen atoms in total. The normalized spacial score (nSPS) is 33.2. The molecular weight excluding hydrogens is 204 g/mol. The second-order valence-corrected chi connectivity index (χ2v) is 6.04. The van der Waals surface area contributed by atoms with Crippen LogP contribution in [0.1, 0.15) is 26.2 Å². The van der Waals surface area contributed by atoms with Gasteiger partial charge in [-0.25, -0.2) is 0 Å². The van der Waals surface area contributed by atoms with E-state index in [1.54, 1.807) is 0 Å². The summed E-state index contributed by atoms with van der Waals surface area (Å²) in [5.74, 6) is 2.33. The first-order valence-corrected chi connectivity index (χ1v) is 7.67. The molecule has 1 saturated carbocycles. The quantitative estimate of drug-likeness (QED) is 0.723. The molecule has 88 valence electrons. The molecule has 3 heteroatoms. The van der Waals surface area contributed by atoms with E-state index in [1.165, 1.54) is 44.6 Å². The predicted molar refractivity (Wildman–Crippen MR) is 68.5 cm³/mol. The lowest BCUT2D eigenvalue weighted by Crippen LogP contribution is -2.56. The zero-order valence-electron chi connectivity index (χ0n) is 10.0. The molecule has 0 aromatic carbocycles. The second-order valence-electron chi connectivity index (χ2n) is 5.06. The Labute approximate surface area is 98.2 Å². The van der Waals surface area contributed by atoms with Gasteiger partial charge in [-0.05, 0) is 50.7 Å². The van der Waals surface area contributed by atoms with Gasteiger partial charge in [-0.15, -0.1) is 0 Å². The highest BCUT2D eigenvalue weighted by molar-refractivity contribution is 7.98. The Morgan fingerprint density at radius 3 is 2.87 bits per heavy atom. The molecule has 0 radical (unpaired) electrons. The minimum absolute atomic E-state index is 0.689. The van der Waals surface area contributed by atoms with Crippen molar-refractivity contribution >= 4 is 11.8 Å². The number of thioether (sulfide) groups is 1. The summed E-state index contributed by atoms with van der Waals surface area (Å²) in [6.45, 7) is 6.11. The summed E-state index contributed by atoms with van der Waals surface area (Å²) >= 11 is 1.97. The third-order valence-electron chi connectivity index (χ3n) is 3.61. The molecule has 0 aromatic heterocycles. The van der Waals surface area contributed by atoms with Crippen LogP contribution in [0.3, 0.4) is 0 Å². The first-order valence-electron chi connectivity index (χ1n) is 6.27. The van der Waals surface area contributed by atoms with Gasteiger partial charge >= 0.3 is 0 Å². The van der Waals surface area contributed by atoms with Gasteiger partial charge in [-0.3, -0.25) is 4.90 Å². The van der Waals surface area contributed by atoms with E-state index in [1.807, 2.05) is 11.8 Å². The second kappa shape index (κ2) is 5.55. The van der Waals surface area contributed by atoms with E-state index < -0.39 is 0 Å². The molecule has 0 spiro atoms. The van der Waals surface area contributed by atoms with E-state index in [9.17, 15) is 0 Å². The third-order valence-corrected chi connectivity index (χ3v) is 4.31. The van der Waals surface area contributed by atoms with E-state index in [0.29, 0.717) is 6.04 Å². The van der Waals surface area contributed by atoms with Gasteiger partial charge in [0.1, 0.15) is 0 Å². The molecule has 0 bridgehead atoms. The molecule has 0 aromatic rings. The van der Waals surface area contributed by atoms with Crippen LogP contribution < -0.4 is 5.32 Å². The molecule has 2 unspecified atom stereocenters. The van der Waals surface area contributed by atoms with Crippen molar-refractivity contribution in [2.75, 3.05) is 31.6 Å². The van der Waals surface area contributed by atoms with E-state index >= 15 is 0 Å². The molecule has 1 N–H and O–H groups in total. The molecule has 1 aliphatic heterocycles. The van der Waals surface area contributed by atoms with Crippen LogP contribution in [0.15, 0.2) is 0 Å².